The van der Waals surface area contributed by atoms with E-state index < -0.39 is 0 Å². The molecular weight excluding hydrogens is 260 g/mol. The van der Waals surface area contributed by atoms with Crippen LogP contribution in [0, 0.1) is 5.41 Å². The molecule has 0 aromatic heterocycles. The van der Waals surface area contributed by atoms with E-state index in [-0.39, 0.29) is 0 Å². The highest BCUT2D eigenvalue weighted by Gasteiger charge is 2.28. The molecule has 1 fully saturated rings. The highest BCUT2D eigenvalue weighted by Crippen LogP contribution is 2.27. The Kier molecular flexibility index (Phi) is 7.54. The van der Waals surface area contributed by atoms with Crippen LogP contribution in [0.5, 0.6) is 0 Å². The van der Waals surface area contributed by atoms with E-state index in [1.54, 1.807) is 0 Å². The van der Waals surface area contributed by atoms with E-state index in [9.17, 15) is 0 Å². The minimum absolute atomic E-state index is 0.333. The second kappa shape index (κ2) is 8.36. The third kappa shape index (κ3) is 6.37. The van der Waals surface area contributed by atoms with Gasteiger partial charge in [0.05, 0.1) is 0 Å². The predicted molar refractivity (Wildman–Crippen MR) is 88.0 cm³/mol. The van der Waals surface area contributed by atoms with E-state index in [4.69, 9.17) is 4.99 Å². The van der Waals surface area contributed by atoms with E-state index in [1.165, 1.54) is 42.4 Å². The molecular formula is C14H28N2S2. The lowest BCUT2D eigenvalue weighted by Crippen LogP contribution is -2.46. The fourth-order valence-electron chi connectivity index (χ4n) is 1.99. The average molecular weight is 289 g/mol. The van der Waals surface area contributed by atoms with E-state index in [0.717, 1.165) is 6.54 Å². The molecule has 4 heteroatoms. The molecule has 1 aliphatic rings. The molecule has 1 saturated heterocycles. The first-order valence-corrected chi connectivity index (χ1v) is 9.34. The first kappa shape index (κ1) is 16.2. The molecule has 2 nitrogen and oxygen atoms in total. The van der Waals surface area contributed by atoms with Crippen LogP contribution in [0.15, 0.2) is 4.99 Å². The van der Waals surface area contributed by atoms with Gasteiger partial charge in [-0.15, -0.1) is 0 Å². The SMILES string of the molecule is CSCCCCCN=C1NC(C(C)(C)C)CCS1. The van der Waals surface area contributed by atoms with Gasteiger partial charge in [-0.1, -0.05) is 39.0 Å². The van der Waals surface area contributed by atoms with Crippen LogP contribution in [-0.2, 0) is 0 Å². The average Bonchev–Trinajstić information content (AvgIpc) is 2.33. The summed E-state index contributed by atoms with van der Waals surface area (Å²) in [5.74, 6) is 2.50. The first-order valence-electron chi connectivity index (χ1n) is 6.97. The van der Waals surface area contributed by atoms with Crippen molar-refractivity contribution in [2.45, 2.75) is 52.5 Å². The van der Waals surface area contributed by atoms with Gasteiger partial charge in [0.1, 0.15) is 0 Å². The molecule has 0 spiro atoms. The van der Waals surface area contributed by atoms with Gasteiger partial charge in [-0.2, -0.15) is 11.8 Å². The minimum atomic E-state index is 0.333. The van der Waals surface area contributed by atoms with E-state index >= 15 is 0 Å². The van der Waals surface area contributed by atoms with Crippen molar-refractivity contribution in [1.82, 2.24) is 5.32 Å². The van der Waals surface area contributed by atoms with Crippen molar-refractivity contribution in [1.29, 1.82) is 0 Å². The Morgan fingerprint density at radius 1 is 1.33 bits per heavy atom. The Hall–Kier alpha value is 0.170. The van der Waals surface area contributed by atoms with Gasteiger partial charge in [0.25, 0.3) is 0 Å². The van der Waals surface area contributed by atoms with Crippen LogP contribution in [0.1, 0.15) is 46.5 Å². The first-order chi connectivity index (χ1) is 8.54. The highest BCUT2D eigenvalue weighted by molar-refractivity contribution is 8.13. The zero-order valence-corrected chi connectivity index (χ0v) is 13.9. The number of unbranched alkanes of at least 4 members (excludes halogenated alkanes) is 2. The van der Waals surface area contributed by atoms with Gasteiger partial charge in [0.2, 0.25) is 0 Å². The second-order valence-corrected chi connectivity index (χ2v) is 8.01. The van der Waals surface area contributed by atoms with Crippen LogP contribution in [-0.4, -0.2) is 35.5 Å². The van der Waals surface area contributed by atoms with Crippen molar-refractivity contribution < 1.29 is 0 Å². The Morgan fingerprint density at radius 3 is 2.78 bits per heavy atom. The molecule has 1 atom stereocenters. The number of nitrogens with zero attached hydrogens (tertiary/aromatic N) is 1. The third-order valence-electron chi connectivity index (χ3n) is 3.25. The third-order valence-corrected chi connectivity index (χ3v) is 4.91. The summed E-state index contributed by atoms with van der Waals surface area (Å²) < 4.78 is 0. The quantitative estimate of drug-likeness (QED) is 0.747. The zero-order valence-electron chi connectivity index (χ0n) is 12.3. The Morgan fingerprint density at radius 2 is 2.11 bits per heavy atom. The van der Waals surface area contributed by atoms with Crippen LogP contribution >= 0.6 is 23.5 Å². The number of thioether (sulfide) groups is 2. The van der Waals surface area contributed by atoms with Crippen molar-refractivity contribution >= 4 is 28.7 Å². The molecule has 1 aliphatic heterocycles. The van der Waals surface area contributed by atoms with E-state index in [2.05, 4.69) is 32.3 Å². The number of hydrogen-bond acceptors (Lipinski definition) is 3. The lowest BCUT2D eigenvalue weighted by atomic mass is 9.85. The smallest absolute Gasteiger partial charge is 0.156 e. The second-order valence-electron chi connectivity index (χ2n) is 5.94. The molecule has 0 radical (unpaired) electrons. The summed E-state index contributed by atoms with van der Waals surface area (Å²) in [7, 11) is 0. The normalized spacial score (nSPS) is 23.1. The Labute approximate surface area is 121 Å². The summed E-state index contributed by atoms with van der Waals surface area (Å²) in [6.07, 6.45) is 7.30. The molecule has 0 amide bonds. The van der Waals surface area contributed by atoms with E-state index in [0.29, 0.717) is 11.5 Å². The lowest BCUT2D eigenvalue weighted by Gasteiger charge is -2.35. The van der Waals surface area contributed by atoms with E-state index in [1.807, 2.05) is 23.5 Å². The number of rotatable bonds is 6. The minimum Gasteiger partial charge on any atom is -0.362 e. The van der Waals surface area contributed by atoms with Gasteiger partial charge >= 0.3 is 0 Å². The number of hydrogen-bond donors (Lipinski definition) is 1. The standard InChI is InChI=1S/C14H28N2S2/c1-14(2,3)12-8-11-18-13(16-12)15-9-6-5-7-10-17-4/h12H,5-11H2,1-4H3,(H,15,16). The van der Waals surface area contributed by atoms with Crippen LogP contribution in [0.2, 0.25) is 0 Å². The Bertz CT molecular complexity index is 259. The fourth-order valence-corrected chi connectivity index (χ4v) is 3.44. The van der Waals surface area contributed by atoms with Gasteiger partial charge in [-0.25, -0.2) is 0 Å². The lowest BCUT2D eigenvalue weighted by molar-refractivity contribution is 0.290. The van der Waals surface area contributed by atoms with Crippen molar-refractivity contribution in [2.24, 2.45) is 10.4 Å². The van der Waals surface area contributed by atoms with Crippen molar-refractivity contribution in [2.75, 3.05) is 24.3 Å². The summed E-state index contributed by atoms with van der Waals surface area (Å²) in [6.45, 7) is 7.91. The van der Waals surface area contributed by atoms with Crippen molar-refractivity contribution in [3.05, 3.63) is 0 Å². The van der Waals surface area contributed by atoms with Gasteiger partial charge < -0.3 is 5.32 Å². The van der Waals surface area contributed by atoms with Crippen molar-refractivity contribution in [3.63, 3.8) is 0 Å². The molecule has 18 heavy (non-hydrogen) atoms. The summed E-state index contributed by atoms with van der Waals surface area (Å²) in [5.41, 5.74) is 0.333. The summed E-state index contributed by atoms with van der Waals surface area (Å²) in [6, 6.07) is 0.578. The van der Waals surface area contributed by atoms with Gasteiger partial charge in [-0.05, 0) is 36.7 Å². The zero-order chi connectivity index (χ0) is 13.4. The van der Waals surface area contributed by atoms with Crippen LogP contribution in [0.4, 0.5) is 0 Å². The molecule has 0 saturated carbocycles. The summed E-state index contributed by atoms with van der Waals surface area (Å²) in [4.78, 5) is 4.71. The number of nitrogens with one attached hydrogen (secondary N) is 1. The molecule has 0 aliphatic carbocycles. The number of amidine groups is 1. The maximum absolute atomic E-state index is 4.71. The van der Waals surface area contributed by atoms with Gasteiger partial charge in [0.15, 0.2) is 5.17 Å². The number of aliphatic imine (C=N–C) groups is 1. The molecule has 1 heterocycles. The molecule has 1 N–H and O–H groups in total. The molecule has 1 rings (SSSR count). The molecule has 1 unspecified atom stereocenters. The maximum Gasteiger partial charge on any atom is 0.156 e. The largest absolute Gasteiger partial charge is 0.362 e. The van der Waals surface area contributed by atoms with Crippen LogP contribution in [0.3, 0.4) is 0 Å². The molecule has 106 valence electrons. The van der Waals surface area contributed by atoms with Gasteiger partial charge in [-0.3, -0.25) is 4.99 Å². The predicted octanol–water partition coefficient (Wildman–Crippen LogP) is 4.02. The highest BCUT2D eigenvalue weighted by atomic mass is 32.2. The summed E-state index contributed by atoms with van der Waals surface area (Å²) in [5, 5.41) is 4.78. The monoisotopic (exact) mass is 288 g/mol. The van der Waals surface area contributed by atoms with Crippen LogP contribution < -0.4 is 5.32 Å². The van der Waals surface area contributed by atoms with Crippen LogP contribution in [0.25, 0.3) is 0 Å². The topological polar surface area (TPSA) is 24.4 Å². The Balaban J connectivity index is 2.24. The van der Waals surface area contributed by atoms with Gasteiger partial charge in [0, 0.05) is 18.3 Å². The summed E-state index contributed by atoms with van der Waals surface area (Å²) >= 11 is 3.82. The fraction of sp³-hybridized carbons (Fsp3) is 0.929. The molecule has 0 aromatic rings. The maximum atomic E-state index is 4.71. The molecule has 0 bridgehead atoms. The van der Waals surface area contributed by atoms with Crippen molar-refractivity contribution in [3.8, 4) is 0 Å². The molecule has 0 aromatic carbocycles.